The zero-order valence-electron chi connectivity index (χ0n) is 11.0. The fourth-order valence-corrected chi connectivity index (χ4v) is 2.85. The Balaban J connectivity index is 1.65. The molecule has 0 bridgehead atoms. The Kier molecular flexibility index (Phi) is 5.11. The summed E-state index contributed by atoms with van der Waals surface area (Å²) >= 11 is 0. The largest absolute Gasteiger partial charge is 0.469 e. The highest BCUT2D eigenvalue weighted by Gasteiger charge is 2.16. The normalized spacial score (nSPS) is 25.7. The van der Waals surface area contributed by atoms with Crippen LogP contribution >= 0.6 is 0 Å². The average molecular weight is 235 g/mol. The highest BCUT2D eigenvalue weighted by atomic mass is 16.3. The Morgan fingerprint density at radius 1 is 1.29 bits per heavy atom. The predicted molar refractivity (Wildman–Crippen MR) is 71.1 cm³/mol. The van der Waals surface area contributed by atoms with Crippen LogP contribution in [0.3, 0.4) is 0 Å². The van der Waals surface area contributed by atoms with E-state index in [0.717, 1.165) is 30.7 Å². The molecule has 1 aromatic heterocycles. The first-order chi connectivity index (χ1) is 8.38. The van der Waals surface area contributed by atoms with Gasteiger partial charge in [0.1, 0.15) is 5.76 Å². The zero-order valence-corrected chi connectivity index (χ0v) is 11.0. The lowest BCUT2D eigenvalue weighted by Gasteiger charge is -2.16. The van der Waals surface area contributed by atoms with Crippen molar-refractivity contribution in [3.8, 4) is 0 Å². The minimum Gasteiger partial charge on any atom is -0.469 e. The molecular formula is C15H25NO. The van der Waals surface area contributed by atoms with Gasteiger partial charge >= 0.3 is 0 Å². The number of hydrogen-bond acceptors (Lipinski definition) is 2. The summed E-state index contributed by atoms with van der Waals surface area (Å²) in [6.45, 7) is 3.38. The summed E-state index contributed by atoms with van der Waals surface area (Å²) in [7, 11) is 0. The van der Waals surface area contributed by atoms with Gasteiger partial charge in [-0.25, -0.2) is 0 Å². The molecule has 0 amide bonds. The average Bonchev–Trinajstić information content (AvgIpc) is 2.75. The van der Waals surface area contributed by atoms with Crippen molar-refractivity contribution in [1.82, 2.24) is 5.32 Å². The van der Waals surface area contributed by atoms with Crippen molar-refractivity contribution in [2.75, 3.05) is 6.54 Å². The summed E-state index contributed by atoms with van der Waals surface area (Å²) in [5.41, 5.74) is 0. The molecular weight excluding hydrogens is 210 g/mol. The van der Waals surface area contributed by atoms with Gasteiger partial charge in [0, 0.05) is 19.0 Å². The second kappa shape index (κ2) is 6.85. The van der Waals surface area contributed by atoms with E-state index in [1.807, 2.05) is 6.07 Å². The first-order valence-electron chi connectivity index (χ1n) is 7.14. The number of nitrogens with one attached hydrogen (secondary N) is 1. The van der Waals surface area contributed by atoms with Gasteiger partial charge < -0.3 is 9.73 Å². The molecule has 0 aliphatic heterocycles. The third-order valence-electron chi connectivity index (χ3n) is 4.05. The fourth-order valence-electron chi connectivity index (χ4n) is 2.85. The molecule has 1 heterocycles. The lowest BCUT2D eigenvalue weighted by atomic mass is 9.98. The number of rotatable bonds is 5. The van der Waals surface area contributed by atoms with Gasteiger partial charge in [-0.3, -0.25) is 0 Å². The summed E-state index contributed by atoms with van der Waals surface area (Å²) in [5.74, 6) is 2.07. The van der Waals surface area contributed by atoms with Crippen LogP contribution in [0.15, 0.2) is 22.8 Å². The highest BCUT2D eigenvalue weighted by molar-refractivity contribution is 4.98. The standard InChI is InChI=1S/C15H25NO/c1-2-13-5-3-6-14(9-8-13)16-11-10-15-7-4-12-17-15/h4,7,12-14,16H,2-3,5-6,8-11H2,1H3. The summed E-state index contributed by atoms with van der Waals surface area (Å²) in [4.78, 5) is 0. The van der Waals surface area contributed by atoms with E-state index in [1.165, 1.54) is 38.5 Å². The third kappa shape index (κ3) is 4.19. The maximum atomic E-state index is 5.34. The van der Waals surface area contributed by atoms with E-state index >= 15 is 0 Å². The summed E-state index contributed by atoms with van der Waals surface area (Å²) < 4.78 is 5.34. The van der Waals surface area contributed by atoms with Gasteiger partial charge in [-0.15, -0.1) is 0 Å². The quantitative estimate of drug-likeness (QED) is 0.786. The molecule has 2 nitrogen and oxygen atoms in total. The zero-order chi connectivity index (χ0) is 11.9. The van der Waals surface area contributed by atoms with Gasteiger partial charge in [0.2, 0.25) is 0 Å². The van der Waals surface area contributed by atoms with E-state index in [4.69, 9.17) is 4.42 Å². The fraction of sp³-hybridized carbons (Fsp3) is 0.733. The SMILES string of the molecule is CCC1CCCC(NCCc2ccco2)CC1. The lowest BCUT2D eigenvalue weighted by molar-refractivity contribution is 0.420. The second-order valence-corrected chi connectivity index (χ2v) is 5.26. The van der Waals surface area contributed by atoms with E-state index in [9.17, 15) is 0 Å². The molecule has 0 saturated heterocycles. The van der Waals surface area contributed by atoms with E-state index in [0.29, 0.717) is 0 Å². The van der Waals surface area contributed by atoms with Gasteiger partial charge in [0.05, 0.1) is 6.26 Å². The van der Waals surface area contributed by atoms with Gasteiger partial charge in [0.15, 0.2) is 0 Å². The van der Waals surface area contributed by atoms with Crippen LogP contribution in [0.25, 0.3) is 0 Å². The first-order valence-corrected chi connectivity index (χ1v) is 7.14. The molecule has 0 radical (unpaired) electrons. The van der Waals surface area contributed by atoms with Crippen molar-refractivity contribution in [1.29, 1.82) is 0 Å². The van der Waals surface area contributed by atoms with E-state index in [-0.39, 0.29) is 0 Å². The Hall–Kier alpha value is -0.760. The molecule has 0 spiro atoms. The van der Waals surface area contributed by atoms with Crippen LogP contribution in [0.5, 0.6) is 0 Å². The van der Waals surface area contributed by atoms with Crippen molar-refractivity contribution in [3.63, 3.8) is 0 Å². The smallest absolute Gasteiger partial charge is 0.105 e. The maximum absolute atomic E-state index is 5.34. The van der Waals surface area contributed by atoms with Crippen LogP contribution in [0.4, 0.5) is 0 Å². The van der Waals surface area contributed by atoms with Crippen molar-refractivity contribution in [2.24, 2.45) is 5.92 Å². The van der Waals surface area contributed by atoms with Crippen LogP contribution in [0, 0.1) is 5.92 Å². The first kappa shape index (κ1) is 12.7. The molecule has 0 aromatic carbocycles. The van der Waals surface area contributed by atoms with Crippen LogP contribution in [-0.4, -0.2) is 12.6 Å². The molecule has 1 fully saturated rings. The van der Waals surface area contributed by atoms with Crippen molar-refractivity contribution in [2.45, 2.75) is 57.9 Å². The Labute approximate surface area is 105 Å². The molecule has 1 aromatic rings. The lowest BCUT2D eigenvalue weighted by Crippen LogP contribution is -2.30. The molecule has 1 aliphatic rings. The third-order valence-corrected chi connectivity index (χ3v) is 4.05. The van der Waals surface area contributed by atoms with Crippen molar-refractivity contribution in [3.05, 3.63) is 24.2 Å². The summed E-state index contributed by atoms with van der Waals surface area (Å²) in [6, 6.07) is 4.76. The molecule has 1 aliphatic carbocycles. The maximum Gasteiger partial charge on any atom is 0.105 e. The molecule has 2 atom stereocenters. The number of hydrogen-bond donors (Lipinski definition) is 1. The van der Waals surface area contributed by atoms with Crippen LogP contribution in [0.2, 0.25) is 0 Å². The Morgan fingerprint density at radius 3 is 3.00 bits per heavy atom. The number of furan rings is 1. The monoisotopic (exact) mass is 235 g/mol. The van der Waals surface area contributed by atoms with Gasteiger partial charge in [-0.2, -0.15) is 0 Å². The Bertz CT molecular complexity index is 294. The second-order valence-electron chi connectivity index (χ2n) is 5.26. The minimum atomic E-state index is 0.738. The molecule has 2 heteroatoms. The van der Waals surface area contributed by atoms with E-state index in [2.05, 4.69) is 18.3 Å². The Morgan fingerprint density at radius 2 is 2.24 bits per heavy atom. The minimum absolute atomic E-state index is 0.738. The summed E-state index contributed by atoms with van der Waals surface area (Å²) in [6.07, 6.45) is 11.1. The molecule has 1 saturated carbocycles. The van der Waals surface area contributed by atoms with Crippen molar-refractivity contribution < 1.29 is 4.42 Å². The van der Waals surface area contributed by atoms with Crippen LogP contribution < -0.4 is 5.32 Å². The molecule has 17 heavy (non-hydrogen) atoms. The van der Waals surface area contributed by atoms with Crippen LogP contribution in [-0.2, 0) is 6.42 Å². The topological polar surface area (TPSA) is 25.2 Å². The van der Waals surface area contributed by atoms with Gasteiger partial charge in [0.25, 0.3) is 0 Å². The summed E-state index contributed by atoms with van der Waals surface area (Å²) in [5, 5.41) is 3.68. The van der Waals surface area contributed by atoms with E-state index in [1.54, 1.807) is 6.26 Å². The van der Waals surface area contributed by atoms with Gasteiger partial charge in [-0.1, -0.05) is 26.2 Å². The molecule has 96 valence electrons. The predicted octanol–water partition coefficient (Wildman–Crippen LogP) is 3.77. The van der Waals surface area contributed by atoms with E-state index < -0.39 is 0 Å². The molecule has 1 N–H and O–H groups in total. The molecule has 2 rings (SSSR count). The van der Waals surface area contributed by atoms with Crippen molar-refractivity contribution >= 4 is 0 Å². The highest BCUT2D eigenvalue weighted by Crippen LogP contribution is 2.25. The van der Waals surface area contributed by atoms with Gasteiger partial charge in [-0.05, 0) is 37.3 Å². The van der Waals surface area contributed by atoms with Crippen LogP contribution in [0.1, 0.15) is 51.2 Å². The molecule has 2 unspecified atom stereocenters.